The van der Waals surface area contributed by atoms with E-state index in [1.807, 2.05) is 6.92 Å². The molecule has 0 aliphatic heterocycles. The smallest absolute Gasteiger partial charge is 0.266 e. The molecule has 6 heteroatoms. The van der Waals surface area contributed by atoms with Gasteiger partial charge in [0.25, 0.3) is 5.91 Å². The second-order valence-electron chi connectivity index (χ2n) is 4.72. The summed E-state index contributed by atoms with van der Waals surface area (Å²) < 4.78 is 12.3. The van der Waals surface area contributed by atoms with E-state index in [1.165, 1.54) is 0 Å². The molecule has 0 aliphatic carbocycles. The van der Waals surface area contributed by atoms with Crippen LogP contribution in [0.5, 0.6) is 11.5 Å². The number of aryl methyl sites for hydroxylation is 2. The first kappa shape index (κ1) is 14.9. The Balaban J connectivity index is 1.97. The van der Waals surface area contributed by atoms with Crippen LogP contribution in [0, 0.1) is 6.92 Å². The minimum atomic E-state index is -0.617. The number of hydrogen-bond donors (Lipinski definition) is 1. The van der Waals surface area contributed by atoms with Crippen LogP contribution in [-0.4, -0.2) is 28.9 Å². The summed E-state index contributed by atoms with van der Waals surface area (Å²) in [6.07, 6.45) is -0.617. The summed E-state index contributed by atoms with van der Waals surface area (Å²) in [6, 6.07) is 8.89. The molecule has 1 heterocycles. The van der Waals surface area contributed by atoms with Crippen LogP contribution in [0.3, 0.4) is 0 Å². The number of anilines is 1. The minimum absolute atomic E-state index is 0.228. The Labute approximate surface area is 123 Å². The minimum Gasteiger partial charge on any atom is -0.497 e. The molecule has 1 atom stereocenters. The molecule has 2 rings (SSSR count). The van der Waals surface area contributed by atoms with Crippen LogP contribution in [0.4, 0.5) is 5.82 Å². The first-order chi connectivity index (χ1) is 9.99. The fraction of sp³-hybridized carbons (Fsp3) is 0.333. The lowest BCUT2D eigenvalue weighted by atomic mass is 10.3. The van der Waals surface area contributed by atoms with Crippen molar-refractivity contribution in [3.63, 3.8) is 0 Å². The predicted molar refractivity (Wildman–Crippen MR) is 79.7 cm³/mol. The van der Waals surface area contributed by atoms with Gasteiger partial charge >= 0.3 is 0 Å². The number of aromatic nitrogens is 2. The SMILES string of the molecule is COc1ccc(OC(C)C(=O)Nc2cc(C)nn2C)cc1. The van der Waals surface area contributed by atoms with Crippen LogP contribution in [0.2, 0.25) is 0 Å². The summed E-state index contributed by atoms with van der Waals surface area (Å²) in [6.45, 7) is 3.57. The zero-order chi connectivity index (χ0) is 15.4. The Bertz CT molecular complexity index is 620. The molecule has 1 unspecified atom stereocenters. The maximum atomic E-state index is 12.1. The van der Waals surface area contributed by atoms with Gasteiger partial charge in [0.2, 0.25) is 0 Å². The maximum absolute atomic E-state index is 12.1. The lowest BCUT2D eigenvalue weighted by Crippen LogP contribution is -2.30. The van der Waals surface area contributed by atoms with E-state index in [0.717, 1.165) is 11.4 Å². The van der Waals surface area contributed by atoms with Gasteiger partial charge in [-0.2, -0.15) is 5.10 Å². The summed E-state index contributed by atoms with van der Waals surface area (Å²) in [4.78, 5) is 12.1. The van der Waals surface area contributed by atoms with Crippen molar-refractivity contribution in [3.05, 3.63) is 36.0 Å². The number of carbonyl (C=O) groups is 1. The third-order valence-electron chi connectivity index (χ3n) is 2.99. The Kier molecular flexibility index (Phi) is 4.47. The van der Waals surface area contributed by atoms with Gasteiger partial charge in [0.05, 0.1) is 12.8 Å². The van der Waals surface area contributed by atoms with Crippen molar-refractivity contribution < 1.29 is 14.3 Å². The van der Waals surface area contributed by atoms with E-state index in [2.05, 4.69) is 10.4 Å². The van der Waals surface area contributed by atoms with Gasteiger partial charge < -0.3 is 14.8 Å². The van der Waals surface area contributed by atoms with E-state index >= 15 is 0 Å². The molecule has 1 aromatic heterocycles. The highest BCUT2D eigenvalue weighted by molar-refractivity contribution is 5.93. The molecule has 21 heavy (non-hydrogen) atoms. The van der Waals surface area contributed by atoms with E-state index in [4.69, 9.17) is 9.47 Å². The average Bonchev–Trinajstić information content (AvgIpc) is 2.77. The molecule has 0 saturated carbocycles. The highest BCUT2D eigenvalue weighted by Gasteiger charge is 2.16. The van der Waals surface area contributed by atoms with Gasteiger partial charge in [-0.1, -0.05) is 0 Å². The van der Waals surface area contributed by atoms with Crippen LogP contribution in [0.1, 0.15) is 12.6 Å². The standard InChI is InChI=1S/C15H19N3O3/c1-10-9-14(18(3)17-10)16-15(19)11(2)21-13-7-5-12(20-4)6-8-13/h5-9,11H,1-4H3,(H,16,19). The molecule has 0 saturated heterocycles. The molecule has 0 bridgehead atoms. The molecule has 1 aromatic carbocycles. The van der Waals surface area contributed by atoms with Crippen LogP contribution in [0.25, 0.3) is 0 Å². The van der Waals surface area contributed by atoms with Crippen molar-refractivity contribution in [2.75, 3.05) is 12.4 Å². The summed E-state index contributed by atoms with van der Waals surface area (Å²) in [5, 5.41) is 6.96. The van der Waals surface area contributed by atoms with E-state index in [1.54, 1.807) is 56.1 Å². The Morgan fingerprint density at radius 3 is 2.43 bits per heavy atom. The highest BCUT2D eigenvalue weighted by Crippen LogP contribution is 2.18. The molecule has 112 valence electrons. The molecule has 1 N–H and O–H groups in total. The Morgan fingerprint density at radius 1 is 1.29 bits per heavy atom. The molecule has 0 aliphatic rings. The maximum Gasteiger partial charge on any atom is 0.266 e. The van der Waals surface area contributed by atoms with Crippen molar-refractivity contribution >= 4 is 11.7 Å². The summed E-state index contributed by atoms with van der Waals surface area (Å²) in [5.41, 5.74) is 0.844. The second-order valence-corrected chi connectivity index (χ2v) is 4.72. The summed E-state index contributed by atoms with van der Waals surface area (Å²) in [7, 11) is 3.37. The topological polar surface area (TPSA) is 65.4 Å². The number of benzene rings is 1. The van der Waals surface area contributed by atoms with E-state index < -0.39 is 6.10 Å². The number of methoxy groups -OCH3 is 1. The zero-order valence-corrected chi connectivity index (χ0v) is 12.6. The number of nitrogens with zero attached hydrogens (tertiary/aromatic N) is 2. The number of nitrogens with one attached hydrogen (secondary N) is 1. The molecule has 6 nitrogen and oxygen atoms in total. The van der Waals surface area contributed by atoms with Gasteiger partial charge in [-0.3, -0.25) is 9.48 Å². The highest BCUT2D eigenvalue weighted by atomic mass is 16.5. The van der Waals surface area contributed by atoms with E-state index in [9.17, 15) is 4.79 Å². The van der Waals surface area contributed by atoms with Crippen LogP contribution >= 0.6 is 0 Å². The van der Waals surface area contributed by atoms with Gasteiger partial charge in [-0.15, -0.1) is 0 Å². The first-order valence-corrected chi connectivity index (χ1v) is 6.62. The van der Waals surface area contributed by atoms with Gasteiger partial charge in [-0.25, -0.2) is 0 Å². The zero-order valence-electron chi connectivity index (χ0n) is 12.6. The van der Waals surface area contributed by atoms with Gasteiger partial charge in [0.1, 0.15) is 17.3 Å². The predicted octanol–water partition coefficient (Wildman–Crippen LogP) is 2.14. The number of amides is 1. The Hall–Kier alpha value is -2.50. The molecular formula is C15H19N3O3. The second kappa shape index (κ2) is 6.30. The molecular weight excluding hydrogens is 270 g/mol. The van der Waals surface area contributed by atoms with Gasteiger partial charge in [0.15, 0.2) is 6.10 Å². The lowest BCUT2D eigenvalue weighted by molar-refractivity contribution is -0.122. The van der Waals surface area contributed by atoms with Gasteiger partial charge in [0, 0.05) is 13.1 Å². The number of ether oxygens (including phenoxy) is 2. The van der Waals surface area contributed by atoms with Crippen molar-refractivity contribution in [1.82, 2.24) is 9.78 Å². The normalized spacial score (nSPS) is 11.8. The average molecular weight is 289 g/mol. The number of rotatable bonds is 5. The number of hydrogen-bond acceptors (Lipinski definition) is 4. The third kappa shape index (κ3) is 3.75. The van der Waals surface area contributed by atoms with Crippen LogP contribution in [-0.2, 0) is 11.8 Å². The van der Waals surface area contributed by atoms with Gasteiger partial charge in [-0.05, 0) is 38.1 Å². The quantitative estimate of drug-likeness (QED) is 0.916. The van der Waals surface area contributed by atoms with Crippen LogP contribution < -0.4 is 14.8 Å². The third-order valence-corrected chi connectivity index (χ3v) is 2.99. The van der Waals surface area contributed by atoms with Crippen molar-refractivity contribution in [3.8, 4) is 11.5 Å². The largest absolute Gasteiger partial charge is 0.497 e. The van der Waals surface area contributed by atoms with Crippen molar-refractivity contribution in [2.24, 2.45) is 7.05 Å². The van der Waals surface area contributed by atoms with Crippen LogP contribution in [0.15, 0.2) is 30.3 Å². The summed E-state index contributed by atoms with van der Waals surface area (Å²) >= 11 is 0. The first-order valence-electron chi connectivity index (χ1n) is 6.62. The molecule has 2 aromatic rings. The summed E-state index contributed by atoms with van der Waals surface area (Å²) in [5.74, 6) is 1.76. The molecule has 0 radical (unpaired) electrons. The van der Waals surface area contributed by atoms with E-state index in [0.29, 0.717) is 11.6 Å². The fourth-order valence-electron chi connectivity index (χ4n) is 1.87. The number of carbonyl (C=O) groups excluding carboxylic acids is 1. The fourth-order valence-corrected chi connectivity index (χ4v) is 1.87. The monoisotopic (exact) mass is 289 g/mol. The molecule has 1 amide bonds. The van der Waals surface area contributed by atoms with E-state index in [-0.39, 0.29) is 5.91 Å². The lowest BCUT2D eigenvalue weighted by Gasteiger charge is -2.14. The molecule has 0 spiro atoms. The van der Waals surface area contributed by atoms with Crippen molar-refractivity contribution in [1.29, 1.82) is 0 Å². The molecule has 0 fully saturated rings. The van der Waals surface area contributed by atoms with Crippen molar-refractivity contribution in [2.45, 2.75) is 20.0 Å². The Morgan fingerprint density at radius 2 is 1.90 bits per heavy atom.